The fourth-order valence-electron chi connectivity index (χ4n) is 5.81. The molecule has 6 aromatic carbocycles. The van der Waals surface area contributed by atoms with Crippen LogP contribution in [0.2, 0.25) is 0 Å². The van der Waals surface area contributed by atoms with Crippen LogP contribution in [0.4, 0.5) is 0 Å². The molecule has 0 nitrogen and oxygen atoms in total. The van der Waals surface area contributed by atoms with Gasteiger partial charge < -0.3 is 0 Å². The van der Waals surface area contributed by atoms with Crippen molar-refractivity contribution in [2.75, 3.05) is 0 Å². The normalized spacial score (nSPS) is 13.3. The van der Waals surface area contributed by atoms with Crippen molar-refractivity contribution in [3.8, 4) is 0 Å². The molecule has 0 radical (unpaired) electrons. The molecular formula is C36H32Br2PtSb2. The molecule has 0 bridgehead atoms. The summed E-state index contributed by atoms with van der Waals surface area (Å²) < 4.78 is 5.79. The van der Waals surface area contributed by atoms with Gasteiger partial charge in [0.25, 0.3) is 0 Å². The number of halogens is 2. The van der Waals surface area contributed by atoms with Gasteiger partial charge in [0.15, 0.2) is 0 Å². The van der Waals surface area contributed by atoms with Gasteiger partial charge in [-0.2, -0.15) is 0 Å². The van der Waals surface area contributed by atoms with Gasteiger partial charge in [-0.05, 0) is 0 Å². The Morgan fingerprint density at radius 2 is 0.415 bits per heavy atom. The summed E-state index contributed by atoms with van der Waals surface area (Å²) in [5, 5.41) is 0. The van der Waals surface area contributed by atoms with Crippen molar-refractivity contribution in [1.29, 1.82) is 0 Å². The fraction of sp³-hybridized carbons (Fsp3) is 0. The zero-order valence-electron chi connectivity index (χ0n) is 22.4. The predicted molar refractivity (Wildman–Crippen MR) is 189 cm³/mol. The average molecular weight is 1060 g/mol. The molecule has 0 atom stereocenters. The minimum absolute atomic E-state index is 1.52. The van der Waals surface area contributed by atoms with Crippen LogP contribution in [0.1, 0.15) is 0 Å². The summed E-state index contributed by atoms with van der Waals surface area (Å²) in [4.78, 5) is 0. The van der Waals surface area contributed by atoms with Gasteiger partial charge in [0.1, 0.15) is 0 Å². The van der Waals surface area contributed by atoms with Gasteiger partial charge >= 0.3 is 265 Å². The molecule has 0 N–H and O–H groups in total. The van der Waals surface area contributed by atoms with Gasteiger partial charge in [-0.25, -0.2) is 0 Å². The van der Waals surface area contributed by atoms with E-state index in [1.807, 2.05) is 0 Å². The fourth-order valence-corrected chi connectivity index (χ4v) is 321. The third-order valence-electron chi connectivity index (χ3n) is 7.52. The summed E-state index contributed by atoms with van der Waals surface area (Å²) in [7, 11) is 0. The molecule has 6 rings (SSSR count). The van der Waals surface area contributed by atoms with E-state index in [4.69, 9.17) is 26.6 Å². The summed E-state index contributed by atoms with van der Waals surface area (Å²) in [5.41, 5.74) is 0. The van der Waals surface area contributed by atoms with E-state index in [1.165, 1.54) is 21.1 Å². The van der Waals surface area contributed by atoms with Crippen molar-refractivity contribution in [1.82, 2.24) is 0 Å². The summed E-state index contributed by atoms with van der Waals surface area (Å²) in [6.45, 7) is 0. The van der Waals surface area contributed by atoms with Crippen molar-refractivity contribution in [2.24, 2.45) is 0 Å². The van der Waals surface area contributed by atoms with Crippen molar-refractivity contribution < 1.29 is 4.37 Å². The number of hydrogen-bond acceptors (Lipinski definition) is 0. The van der Waals surface area contributed by atoms with E-state index in [2.05, 4.69) is 182 Å². The SMILES string of the molecule is [Br][Pt]([Br])([SbH]([c]1ccccc1)([c]1ccccc1)[c]1ccccc1)[SbH]([c]1ccccc1)([c]1ccccc1)[c]1ccccc1. The van der Waals surface area contributed by atoms with Crippen LogP contribution >= 0.6 is 26.6 Å². The Morgan fingerprint density at radius 1 is 0.268 bits per heavy atom. The molecular weight excluding hydrogens is 1030 g/mol. The van der Waals surface area contributed by atoms with Gasteiger partial charge in [-0.3, -0.25) is 0 Å². The van der Waals surface area contributed by atoms with E-state index in [0.717, 1.165) is 0 Å². The Balaban J connectivity index is 1.86. The molecule has 6 aromatic rings. The molecule has 0 amide bonds. The van der Waals surface area contributed by atoms with Crippen molar-refractivity contribution in [3.05, 3.63) is 182 Å². The number of hydrogen-bond donors (Lipinski definition) is 0. The van der Waals surface area contributed by atoms with Crippen LogP contribution in [-0.4, -0.2) is 31.1 Å². The summed E-state index contributed by atoms with van der Waals surface area (Å²) in [6.07, 6.45) is 0. The molecule has 0 aliphatic heterocycles. The predicted octanol–water partition coefficient (Wildman–Crippen LogP) is 5.56. The monoisotopic (exact) mass is 1060 g/mol. The Morgan fingerprint density at radius 3 is 0.561 bits per heavy atom. The molecule has 0 unspecified atom stereocenters. The molecule has 210 valence electrons. The zero-order chi connectivity index (χ0) is 28.2. The molecule has 0 heterocycles. The average Bonchev–Trinajstić information content (AvgIpc) is 3.05. The molecule has 0 spiro atoms. The minimum atomic E-state index is -3.91. The Labute approximate surface area is 261 Å². The molecule has 0 saturated carbocycles. The summed E-state index contributed by atoms with van der Waals surface area (Å²) in [5.74, 6) is 0. The van der Waals surface area contributed by atoms with E-state index in [9.17, 15) is 0 Å². The van der Waals surface area contributed by atoms with Crippen LogP contribution in [0.25, 0.3) is 0 Å². The second kappa shape index (κ2) is 13.1. The van der Waals surface area contributed by atoms with E-state index in [-0.39, 0.29) is 0 Å². The Kier molecular flexibility index (Phi) is 9.46. The van der Waals surface area contributed by atoms with Gasteiger partial charge in [0.2, 0.25) is 0 Å². The van der Waals surface area contributed by atoms with Crippen LogP contribution in [0, 0.1) is 0 Å². The first-order chi connectivity index (χ1) is 20.1. The van der Waals surface area contributed by atoms with E-state index < -0.39 is 35.4 Å². The van der Waals surface area contributed by atoms with Gasteiger partial charge in [-0.15, -0.1) is 0 Å². The first kappa shape index (κ1) is 29.7. The summed E-state index contributed by atoms with van der Waals surface area (Å²) in [6, 6.07) is 69.0. The maximum atomic E-state index is 4.93. The molecule has 5 heteroatoms. The molecule has 0 saturated heterocycles. The first-order valence-electron chi connectivity index (χ1n) is 13.5. The Bertz CT molecular complexity index is 1360. The zero-order valence-corrected chi connectivity index (χ0v) is 33.5. The van der Waals surface area contributed by atoms with Gasteiger partial charge in [-0.1, -0.05) is 0 Å². The molecule has 0 aliphatic carbocycles. The van der Waals surface area contributed by atoms with Gasteiger partial charge in [0, 0.05) is 0 Å². The van der Waals surface area contributed by atoms with E-state index in [0.29, 0.717) is 0 Å². The third kappa shape index (κ3) is 5.11. The number of benzene rings is 6. The Hall–Kier alpha value is -1.40. The second-order valence-corrected chi connectivity index (χ2v) is 156. The third-order valence-corrected chi connectivity index (χ3v) is 242. The quantitative estimate of drug-likeness (QED) is 0.176. The van der Waals surface area contributed by atoms with Crippen LogP contribution in [0.5, 0.6) is 0 Å². The molecule has 41 heavy (non-hydrogen) atoms. The second-order valence-electron chi connectivity index (χ2n) is 9.78. The number of rotatable bonds is 8. The van der Waals surface area contributed by atoms with E-state index >= 15 is 0 Å². The van der Waals surface area contributed by atoms with Crippen molar-refractivity contribution in [2.45, 2.75) is 0 Å². The molecule has 0 aliphatic rings. The van der Waals surface area contributed by atoms with Crippen LogP contribution in [0.3, 0.4) is 0 Å². The maximum absolute atomic E-state index is 4.93. The van der Waals surface area contributed by atoms with E-state index in [1.54, 1.807) is 0 Å². The topological polar surface area (TPSA) is 0 Å². The van der Waals surface area contributed by atoms with Crippen LogP contribution < -0.4 is 21.1 Å². The van der Waals surface area contributed by atoms with Crippen molar-refractivity contribution in [3.63, 3.8) is 0 Å². The molecule has 0 aromatic heterocycles. The summed E-state index contributed by atoms with van der Waals surface area (Å²) >= 11 is 2.05. The van der Waals surface area contributed by atoms with Crippen molar-refractivity contribution >= 4 is 78.7 Å². The van der Waals surface area contributed by atoms with Gasteiger partial charge in [0.05, 0.1) is 0 Å². The van der Waals surface area contributed by atoms with Crippen LogP contribution in [0.15, 0.2) is 182 Å². The first-order valence-corrected chi connectivity index (χ1v) is 49.1. The van der Waals surface area contributed by atoms with Crippen LogP contribution in [-0.2, 0) is 4.37 Å². The molecule has 0 fully saturated rings. The standard InChI is InChI=1S/6C6H5.2BrH.Pt.2Sb.2H/c6*1-2-4-6-5-3-1;;;;;;;/h6*1-5H;2*1H;;;;;/q;;;;;;;;+2;;;;/p-2.